The predicted molar refractivity (Wildman–Crippen MR) is 104 cm³/mol. The van der Waals surface area contributed by atoms with E-state index in [1.54, 1.807) is 0 Å². The van der Waals surface area contributed by atoms with E-state index in [0.717, 1.165) is 23.4 Å². The number of aryl methyl sites for hydroxylation is 2. The molecule has 3 nitrogen and oxygen atoms in total. The largest absolute Gasteiger partial charge is 0.487 e. The van der Waals surface area contributed by atoms with Gasteiger partial charge < -0.3 is 15.4 Å². The van der Waals surface area contributed by atoms with Gasteiger partial charge in [0, 0.05) is 17.7 Å². The summed E-state index contributed by atoms with van der Waals surface area (Å²) in [5.41, 5.74) is 4.37. The molecule has 0 aliphatic carbocycles. The Morgan fingerprint density at radius 2 is 1.92 bits per heavy atom. The van der Waals surface area contributed by atoms with Crippen molar-refractivity contribution in [1.82, 2.24) is 5.32 Å². The van der Waals surface area contributed by atoms with E-state index in [4.69, 9.17) is 17.0 Å². The lowest BCUT2D eigenvalue weighted by molar-refractivity contribution is 0.0697. The average Bonchev–Trinajstić information content (AvgIpc) is 2.50. The van der Waals surface area contributed by atoms with Gasteiger partial charge in [0.15, 0.2) is 5.11 Å². The third-order valence-electron chi connectivity index (χ3n) is 4.32. The molecule has 0 aromatic heterocycles. The lowest BCUT2D eigenvalue weighted by atomic mass is 9.90. The summed E-state index contributed by atoms with van der Waals surface area (Å²) in [7, 11) is 0. The van der Waals surface area contributed by atoms with E-state index in [0.29, 0.717) is 5.11 Å². The molecule has 0 unspecified atom stereocenters. The molecule has 2 N–H and O–H groups in total. The third kappa shape index (κ3) is 3.70. The fourth-order valence-electron chi connectivity index (χ4n) is 3.12. The Kier molecular flexibility index (Phi) is 4.50. The molecule has 1 heterocycles. The van der Waals surface area contributed by atoms with E-state index in [1.165, 1.54) is 11.1 Å². The lowest BCUT2D eigenvalue weighted by Gasteiger charge is -2.38. The second-order valence-electron chi connectivity index (χ2n) is 7.07. The number of thiocarbonyl (C=S) groups is 1. The van der Waals surface area contributed by atoms with Gasteiger partial charge in [0.2, 0.25) is 0 Å². The van der Waals surface area contributed by atoms with Crippen molar-refractivity contribution in [2.45, 2.75) is 45.8 Å². The van der Waals surface area contributed by atoms with Gasteiger partial charge in [-0.3, -0.25) is 0 Å². The number of ether oxygens (including phenoxy) is 1. The van der Waals surface area contributed by atoms with Crippen molar-refractivity contribution in [3.8, 4) is 5.75 Å². The molecule has 0 bridgehead atoms. The predicted octanol–water partition coefficient (Wildman–Crippen LogP) is 4.89. The smallest absolute Gasteiger partial charge is 0.171 e. The molecule has 0 saturated carbocycles. The monoisotopic (exact) mass is 340 g/mol. The van der Waals surface area contributed by atoms with E-state index in [2.05, 4.69) is 62.6 Å². The van der Waals surface area contributed by atoms with Crippen LogP contribution in [-0.4, -0.2) is 10.7 Å². The fourth-order valence-corrected chi connectivity index (χ4v) is 3.37. The van der Waals surface area contributed by atoms with Gasteiger partial charge in [0.05, 0.1) is 6.04 Å². The van der Waals surface area contributed by atoms with Crippen LogP contribution >= 0.6 is 12.2 Å². The van der Waals surface area contributed by atoms with E-state index in [9.17, 15) is 0 Å². The fraction of sp³-hybridized carbons (Fsp3) is 0.350. The van der Waals surface area contributed by atoms with E-state index < -0.39 is 0 Å². The zero-order valence-corrected chi connectivity index (χ0v) is 15.5. The first-order valence-corrected chi connectivity index (χ1v) is 8.68. The maximum absolute atomic E-state index is 6.08. The van der Waals surface area contributed by atoms with Gasteiger partial charge in [-0.25, -0.2) is 0 Å². The summed E-state index contributed by atoms with van der Waals surface area (Å²) in [5.74, 6) is 0.931. The molecular formula is C20H24N2OS. The molecule has 1 aliphatic rings. The molecule has 0 fully saturated rings. The highest BCUT2D eigenvalue weighted by atomic mass is 32.1. The highest BCUT2D eigenvalue weighted by molar-refractivity contribution is 7.80. The lowest BCUT2D eigenvalue weighted by Crippen LogP contribution is -2.42. The molecule has 24 heavy (non-hydrogen) atoms. The molecule has 2 aromatic rings. The SMILES string of the molecule is Cc1ccc(C)c(NC(=S)N[C@H]2CC(C)(C)Oc3ccccc32)c1. The van der Waals surface area contributed by atoms with E-state index in [1.807, 2.05) is 18.2 Å². The molecule has 1 atom stereocenters. The highest BCUT2D eigenvalue weighted by Gasteiger charge is 2.33. The van der Waals surface area contributed by atoms with Crippen LogP contribution in [0.2, 0.25) is 0 Å². The molecule has 1 aliphatic heterocycles. The van der Waals surface area contributed by atoms with Gasteiger partial charge in [0.25, 0.3) is 0 Å². The number of nitrogens with one attached hydrogen (secondary N) is 2. The summed E-state index contributed by atoms with van der Waals surface area (Å²) in [6.45, 7) is 8.38. The standard InChI is InChI=1S/C20H24N2OS/c1-13-9-10-14(2)16(11-13)21-19(24)22-17-12-20(3,4)23-18-8-6-5-7-15(17)18/h5-11,17H,12H2,1-4H3,(H2,21,22,24)/t17-/m0/s1. The van der Waals surface area contributed by atoms with Crippen LogP contribution < -0.4 is 15.4 Å². The minimum absolute atomic E-state index is 0.134. The van der Waals surface area contributed by atoms with Crippen molar-refractivity contribution >= 4 is 23.0 Å². The summed E-state index contributed by atoms with van der Waals surface area (Å²) in [6, 6.07) is 14.6. The Hall–Kier alpha value is -2.07. The Bertz CT molecular complexity index is 770. The quantitative estimate of drug-likeness (QED) is 0.763. The summed E-state index contributed by atoms with van der Waals surface area (Å²) < 4.78 is 6.08. The molecule has 0 radical (unpaired) electrons. The number of para-hydroxylation sites is 1. The van der Waals surface area contributed by atoms with Gasteiger partial charge >= 0.3 is 0 Å². The maximum atomic E-state index is 6.08. The number of rotatable bonds is 2. The van der Waals surface area contributed by atoms with Gasteiger partial charge in [-0.1, -0.05) is 30.3 Å². The Labute approximate surface area is 149 Å². The number of fused-ring (bicyclic) bond motifs is 1. The number of hydrogen-bond acceptors (Lipinski definition) is 2. The first-order chi connectivity index (χ1) is 11.3. The van der Waals surface area contributed by atoms with Crippen molar-refractivity contribution in [1.29, 1.82) is 0 Å². The van der Waals surface area contributed by atoms with Gasteiger partial charge in [-0.15, -0.1) is 0 Å². The number of benzene rings is 2. The zero-order valence-electron chi connectivity index (χ0n) is 14.6. The normalized spacial score (nSPS) is 18.2. The zero-order chi connectivity index (χ0) is 17.3. The average molecular weight is 340 g/mol. The van der Waals surface area contributed by atoms with E-state index >= 15 is 0 Å². The molecule has 4 heteroatoms. The van der Waals surface area contributed by atoms with Crippen molar-refractivity contribution in [2.24, 2.45) is 0 Å². The second kappa shape index (κ2) is 6.44. The van der Waals surface area contributed by atoms with Crippen molar-refractivity contribution in [3.63, 3.8) is 0 Å². The van der Waals surface area contributed by atoms with Gasteiger partial charge in [0.1, 0.15) is 11.4 Å². The summed E-state index contributed by atoms with van der Waals surface area (Å²) in [4.78, 5) is 0. The Balaban J connectivity index is 1.78. The first kappa shape index (κ1) is 16.8. The van der Waals surface area contributed by atoms with Crippen LogP contribution in [-0.2, 0) is 0 Å². The number of anilines is 1. The molecule has 126 valence electrons. The maximum Gasteiger partial charge on any atom is 0.171 e. The van der Waals surface area contributed by atoms with Crippen molar-refractivity contribution < 1.29 is 4.74 Å². The molecule has 0 saturated heterocycles. The summed E-state index contributed by atoms with van der Waals surface area (Å²) in [6.07, 6.45) is 0.860. The first-order valence-electron chi connectivity index (χ1n) is 8.27. The molecular weight excluding hydrogens is 316 g/mol. The van der Waals surface area contributed by atoms with Crippen molar-refractivity contribution in [3.05, 3.63) is 59.2 Å². The molecule has 3 rings (SSSR count). The minimum atomic E-state index is -0.221. The van der Waals surface area contributed by atoms with E-state index in [-0.39, 0.29) is 11.6 Å². The highest BCUT2D eigenvalue weighted by Crippen LogP contribution is 2.39. The van der Waals surface area contributed by atoms with Crippen LogP contribution in [0.25, 0.3) is 0 Å². The number of hydrogen-bond donors (Lipinski definition) is 2. The van der Waals surface area contributed by atoms with Crippen LogP contribution in [0.5, 0.6) is 5.75 Å². The van der Waals surface area contributed by atoms with Gasteiger partial charge in [-0.05, 0) is 63.2 Å². The van der Waals surface area contributed by atoms with Gasteiger partial charge in [-0.2, -0.15) is 0 Å². The van der Waals surface area contributed by atoms with Crippen LogP contribution in [0, 0.1) is 13.8 Å². The van der Waals surface area contributed by atoms with Crippen LogP contribution in [0.3, 0.4) is 0 Å². The minimum Gasteiger partial charge on any atom is -0.487 e. The van der Waals surface area contributed by atoms with Crippen LogP contribution in [0.4, 0.5) is 5.69 Å². The molecule has 0 spiro atoms. The second-order valence-corrected chi connectivity index (χ2v) is 7.48. The molecule has 0 amide bonds. The van der Waals surface area contributed by atoms with Crippen LogP contribution in [0.15, 0.2) is 42.5 Å². The Morgan fingerprint density at radius 1 is 1.17 bits per heavy atom. The molecule has 2 aromatic carbocycles. The van der Waals surface area contributed by atoms with Crippen LogP contribution in [0.1, 0.15) is 43.0 Å². The summed E-state index contributed by atoms with van der Waals surface area (Å²) in [5, 5.41) is 7.44. The third-order valence-corrected chi connectivity index (χ3v) is 4.54. The van der Waals surface area contributed by atoms with Crippen molar-refractivity contribution in [2.75, 3.05) is 5.32 Å². The topological polar surface area (TPSA) is 33.3 Å². The Morgan fingerprint density at radius 3 is 2.71 bits per heavy atom. The summed E-state index contributed by atoms with van der Waals surface area (Å²) >= 11 is 5.56.